The third-order valence-corrected chi connectivity index (χ3v) is 4.40. The van der Waals surface area contributed by atoms with E-state index in [2.05, 4.69) is 20.8 Å². The Bertz CT molecular complexity index is 1100. The SMILES string of the molecule is CCn1ncc(NC(=O)c2cccc([N+](=O)[O-])c2)c1C(=O)Nc1cnn(C)c1C. The van der Waals surface area contributed by atoms with Gasteiger partial charge in [-0.15, -0.1) is 0 Å². The van der Waals surface area contributed by atoms with Gasteiger partial charge in [0.05, 0.1) is 34.4 Å². The number of amides is 2. The van der Waals surface area contributed by atoms with E-state index in [0.29, 0.717) is 12.2 Å². The van der Waals surface area contributed by atoms with Crippen LogP contribution in [0.15, 0.2) is 36.7 Å². The van der Waals surface area contributed by atoms with Crippen molar-refractivity contribution >= 4 is 28.9 Å². The van der Waals surface area contributed by atoms with Crippen molar-refractivity contribution in [1.82, 2.24) is 19.6 Å². The van der Waals surface area contributed by atoms with Crippen LogP contribution in [0.5, 0.6) is 0 Å². The minimum absolute atomic E-state index is 0.0953. The van der Waals surface area contributed by atoms with Crippen molar-refractivity contribution < 1.29 is 14.5 Å². The molecule has 29 heavy (non-hydrogen) atoms. The van der Waals surface area contributed by atoms with Gasteiger partial charge in [-0.05, 0) is 19.9 Å². The molecular weight excluding hydrogens is 378 g/mol. The zero-order valence-corrected chi connectivity index (χ0v) is 16.0. The van der Waals surface area contributed by atoms with Gasteiger partial charge >= 0.3 is 0 Å². The van der Waals surface area contributed by atoms with Gasteiger partial charge in [-0.1, -0.05) is 6.07 Å². The first-order valence-corrected chi connectivity index (χ1v) is 8.73. The largest absolute Gasteiger partial charge is 0.319 e. The summed E-state index contributed by atoms with van der Waals surface area (Å²) in [5, 5.41) is 24.5. The highest BCUT2D eigenvalue weighted by Crippen LogP contribution is 2.21. The Hall–Kier alpha value is -4.02. The van der Waals surface area contributed by atoms with Crippen LogP contribution in [-0.4, -0.2) is 36.3 Å². The predicted octanol–water partition coefficient (Wildman–Crippen LogP) is 2.36. The summed E-state index contributed by atoms with van der Waals surface area (Å²) in [7, 11) is 1.76. The lowest BCUT2D eigenvalue weighted by atomic mass is 10.2. The molecule has 0 unspecified atom stereocenters. The molecule has 0 bridgehead atoms. The summed E-state index contributed by atoms with van der Waals surface area (Å²) in [6, 6.07) is 5.33. The number of aromatic nitrogens is 4. The topological polar surface area (TPSA) is 137 Å². The van der Waals surface area contributed by atoms with E-state index in [4.69, 9.17) is 0 Å². The third kappa shape index (κ3) is 3.98. The normalized spacial score (nSPS) is 10.6. The van der Waals surface area contributed by atoms with E-state index < -0.39 is 16.7 Å². The van der Waals surface area contributed by atoms with Gasteiger partial charge in [-0.3, -0.25) is 29.1 Å². The number of nitro groups is 1. The molecule has 0 aliphatic heterocycles. The zero-order chi connectivity index (χ0) is 21.1. The Morgan fingerprint density at radius 3 is 2.45 bits per heavy atom. The van der Waals surface area contributed by atoms with Crippen LogP contribution in [0, 0.1) is 17.0 Å². The molecule has 0 radical (unpaired) electrons. The summed E-state index contributed by atoms with van der Waals surface area (Å²) in [5.74, 6) is -1.05. The summed E-state index contributed by atoms with van der Waals surface area (Å²) in [6.45, 7) is 4.03. The molecule has 11 heteroatoms. The standard InChI is InChI=1S/C18H19N7O4/c1-4-24-16(18(27)21-14-9-19-23(3)11(14)2)15(10-20-24)22-17(26)12-6-5-7-13(8-12)25(28)29/h5-10H,4H2,1-3H3,(H,21,27)(H,22,26). The number of carbonyl (C=O) groups excluding carboxylic acids is 2. The van der Waals surface area contributed by atoms with Crippen LogP contribution >= 0.6 is 0 Å². The maximum Gasteiger partial charge on any atom is 0.276 e. The predicted molar refractivity (Wildman–Crippen MR) is 105 cm³/mol. The number of nitrogens with one attached hydrogen (secondary N) is 2. The van der Waals surface area contributed by atoms with Crippen molar-refractivity contribution in [3.8, 4) is 0 Å². The number of nitro benzene ring substituents is 1. The van der Waals surface area contributed by atoms with E-state index in [0.717, 1.165) is 11.8 Å². The number of benzene rings is 1. The molecule has 0 saturated carbocycles. The first kappa shape index (κ1) is 19.7. The molecule has 0 aliphatic carbocycles. The summed E-state index contributed by atoms with van der Waals surface area (Å²) in [4.78, 5) is 35.8. The fourth-order valence-corrected chi connectivity index (χ4v) is 2.71. The minimum atomic E-state index is -0.587. The molecule has 0 saturated heterocycles. The zero-order valence-electron chi connectivity index (χ0n) is 16.0. The molecular formula is C18H19N7O4. The van der Waals surface area contributed by atoms with E-state index in [9.17, 15) is 19.7 Å². The van der Waals surface area contributed by atoms with E-state index in [-0.39, 0.29) is 22.6 Å². The van der Waals surface area contributed by atoms with Crippen molar-refractivity contribution in [2.45, 2.75) is 20.4 Å². The average molecular weight is 397 g/mol. The first-order chi connectivity index (χ1) is 13.8. The monoisotopic (exact) mass is 397 g/mol. The molecule has 0 aliphatic rings. The maximum absolute atomic E-state index is 12.8. The fraction of sp³-hybridized carbons (Fsp3) is 0.222. The molecule has 3 rings (SSSR count). The van der Waals surface area contributed by atoms with Crippen molar-refractivity contribution in [3.63, 3.8) is 0 Å². The number of aryl methyl sites for hydroxylation is 2. The van der Waals surface area contributed by atoms with Crippen LogP contribution in [0.25, 0.3) is 0 Å². The lowest BCUT2D eigenvalue weighted by Gasteiger charge is -2.10. The Labute approximate surface area is 165 Å². The summed E-state index contributed by atoms with van der Waals surface area (Å²) in [6.07, 6.45) is 2.89. The summed E-state index contributed by atoms with van der Waals surface area (Å²) in [5.41, 5.74) is 1.56. The van der Waals surface area contributed by atoms with Crippen LogP contribution in [0.1, 0.15) is 33.5 Å². The van der Waals surface area contributed by atoms with Gasteiger partial charge in [-0.2, -0.15) is 10.2 Å². The molecule has 2 aromatic heterocycles. The molecule has 150 valence electrons. The number of nitrogens with zero attached hydrogens (tertiary/aromatic N) is 5. The highest BCUT2D eigenvalue weighted by Gasteiger charge is 2.22. The second-order valence-electron chi connectivity index (χ2n) is 6.21. The maximum atomic E-state index is 12.8. The quantitative estimate of drug-likeness (QED) is 0.484. The number of anilines is 2. The highest BCUT2D eigenvalue weighted by molar-refractivity contribution is 6.11. The Morgan fingerprint density at radius 1 is 1.14 bits per heavy atom. The van der Waals surface area contributed by atoms with E-state index in [1.54, 1.807) is 11.7 Å². The van der Waals surface area contributed by atoms with Gasteiger partial charge in [0.2, 0.25) is 0 Å². The van der Waals surface area contributed by atoms with Crippen LogP contribution < -0.4 is 10.6 Å². The first-order valence-electron chi connectivity index (χ1n) is 8.73. The summed E-state index contributed by atoms with van der Waals surface area (Å²) < 4.78 is 3.07. The average Bonchev–Trinajstić information content (AvgIpc) is 3.25. The molecule has 0 atom stereocenters. The van der Waals surface area contributed by atoms with Crippen molar-refractivity contribution in [2.24, 2.45) is 7.05 Å². The molecule has 2 N–H and O–H groups in total. The number of rotatable bonds is 6. The second kappa shape index (κ2) is 7.92. The molecule has 11 nitrogen and oxygen atoms in total. The Kier molecular flexibility index (Phi) is 5.39. The molecule has 2 heterocycles. The second-order valence-corrected chi connectivity index (χ2v) is 6.21. The van der Waals surface area contributed by atoms with Gasteiger partial charge in [0.1, 0.15) is 5.69 Å². The van der Waals surface area contributed by atoms with Gasteiger partial charge in [0, 0.05) is 31.3 Å². The van der Waals surface area contributed by atoms with E-state index >= 15 is 0 Å². The van der Waals surface area contributed by atoms with Crippen LogP contribution in [0.4, 0.5) is 17.1 Å². The van der Waals surface area contributed by atoms with Crippen molar-refractivity contribution in [2.75, 3.05) is 10.6 Å². The van der Waals surface area contributed by atoms with Crippen LogP contribution in [0.2, 0.25) is 0 Å². The number of hydrogen-bond acceptors (Lipinski definition) is 6. The Morgan fingerprint density at radius 2 is 1.83 bits per heavy atom. The van der Waals surface area contributed by atoms with Crippen LogP contribution in [-0.2, 0) is 13.6 Å². The lowest BCUT2D eigenvalue weighted by molar-refractivity contribution is -0.384. The van der Waals surface area contributed by atoms with E-state index in [1.165, 1.54) is 35.3 Å². The van der Waals surface area contributed by atoms with E-state index in [1.807, 2.05) is 13.8 Å². The van der Waals surface area contributed by atoms with Crippen LogP contribution in [0.3, 0.4) is 0 Å². The highest BCUT2D eigenvalue weighted by atomic mass is 16.6. The number of hydrogen-bond donors (Lipinski definition) is 2. The molecule has 0 spiro atoms. The molecule has 0 fully saturated rings. The van der Waals surface area contributed by atoms with Gasteiger partial charge < -0.3 is 10.6 Å². The van der Waals surface area contributed by atoms with Gasteiger partial charge in [-0.25, -0.2) is 0 Å². The lowest BCUT2D eigenvalue weighted by Crippen LogP contribution is -2.21. The summed E-state index contributed by atoms with van der Waals surface area (Å²) >= 11 is 0. The molecule has 1 aromatic carbocycles. The minimum Gasteiger partial charge on any atom is -0.319 e. The number of carbonyl (C=O) groups is 2. The third-order valence-electron chi connectivity index (χ3n) is 4.40. The smallest absolute Gasteiger partial charge is 0.276 e. The number of non-ortho nitro benzene ring substituents is 1. The van der Waals surface area contributed by atoms with Crippen molar-refractivity contribution in [1.29, 1.82) is 0 Å². The van der Waals surface area contributed by atoms with Crippen molar-refractivity contribution in [3.05, 3.63) is 63.7 Å². The Balaban J connectivity index is 1.87. The molecule has 3 aromatic rings. The fourth-order valence-electron chi connectivity index (χ4n) is 2.71. The molecule has 2 amide bonds. The van der Waals surface area contributed by atoms with Gasteiger partial charge in [0.15, 0.2) is 0 Å². The van der Waals surface area contributed by atoms with Gasteiger partial charge in [0.25, 0.3) is 17.5 Å².